The molecule has 0 spiro atoms. The zero-order valence-electron chi connectivity index (χ0n) is 16.1. The maximum atomic E-state index is 3.60. The third kappa shape index (κ3) is 14.7. The molecule has 0 saturated carbocycles. The van der Waals surface area contributed by atoms with Crippen LogP contribution in [0.25, 0.3) is 0 Å². The first kappa shape index (κ1) is 23.2. The lowest BCUT2D eigenvalue weighted by atomic mass is 10.1. The summed E-state index contributed by atoms with van der Waals surface area (Å²) in [7, 11) is 0. The molecule has 0 aromatic heterocycles. The highest BCUT2D eigenvalue weighted by Crippen LogP contribution is 2.16. The smallest absolute Gasteiger partial charge is 0.0786 e. The van der Waals surface area contributed by atoms with Crippen molar-refractivity contribution in [3.05, 3.63) is 6.92 Å². The Bertz CT molecular complexity index is 137. The first-order valence-corrected chi connectivity index (χ1v) is 9.80. The molecule has 0 amide bonds. The van der Waals surface area contributed by atoms with Gasteiger partial charge in [-0.05, 0) is 25.7 Å². The number of rotatable bonds is 13. The third-order valence-electron chi connectivity index (χ3n) is 4.30. The minimum Gasteiger partial charge on any atom is -0.343 e. The van der Waals surface area contributed by atoms with Gasteiger partial charge < -0.3 is 11.4 Å². The Morgan fingerprint density at radius 2 is 0.762 bits per heavy atom. The molecule has 0 aromatic carbocycles. The number of hydrogen-bond donors (Lipinski definition) is 0. The van der Waals surface area contributed by atoms with Crippen LogP contribution in [0, 0.1) is 6.92 Å². The van der Waals surface area contributed by atoms with Crippen LogP contribution in [0.1, 0.15) is 98.8 Å². The van der Waals surface area contributed by atoms with Crippen molar-refractivity contribution in [2.24, 2.45) is 0 Å². The van der Waals surface area contributed by atoms with Crippen LogP contribution in [0.3, 0.4) is 0 Å². The van der Waals surface area contributed by atoms with E-state index in [2.05, 4.69) is 41.5 Å². The van der Waals surface area contributed by atoms with E-state index in [-0.39, 0.29) is 0 Å². The Morgan fingerprint density at radius 3 is 0.905 bits per heavy atom. The second-order valence-electron chi connectivity index (χ2n) is 6.50. The first-order valence-electron chi connectivity index (χ1n) is 9.80. The molecule has 0 aliphatic carbocycles. The predicted molar refractivity (Wildman–Crippen MR) is 99.6 cm³/mol. The molecule has 1 heteroatoms. The summed E-state index contributed by atoms with van der Waals surface area (Å²) in [5.41, 5.74) is 0. The van der Waals surface area contributed by atoms with Crippen LogP contribution in [0.5, 0.6) is 0 Å². The zero-order chi connectivity index (χ0) is 16.4. The van der Waals surface area contributed by atoms with Crippen molar-refractivity contribution in [2.75, 3.05) is 26.2 Å². The molecule has 0 heterocycles. The van der Waals surface area contributed by atoms with E-state index in [1.165, 1.54) is 88.4 Å². The van der Waals surface area contributed by atoms with Crippen molar-refractivity contribution in [3.63, 3.8) is 0 Å². The Balaban J connectivity index is 0. The van der Waals surface area contributed by atoms with Gasteiger partial charge in [0.25, 0.3) is 0 Å². The summed E-state index contributed by atoms with van der Waals surface area (Å²) in [6.07, 6.45) is 13.3. The van der Waals surface area contributed by atoms with Crippen LogP contribution >= 0.6 is 0 Å². The van der Waals surface area contributed by atoms with Crippen LogP contribution in [0.2, 0.25) is 0 Å². The number of hydrogen-bond acceptors (Lipinski definition) is 0. The van der Waals surface area contributed by atoms with Crippen molar-refractivity contribution < 1.29 is 4.48 Å². The first-order chi connectivity index (χ1) is 10.2. The zero-order valence-corrected chi connectivity index (χ0v) is 16.1. The second kappa shape index (κ2) is 18.0. The fraction of sp³-hybridized carbons (Fsp3) is 0.950. The molecule has 0 fully saturated rings. The molecule has 0 radical (unpaired) electrons. The highest BCUT2D eigenvalue weighted by molar-refractivity contribution is 4.49. The van der Waals surface area contributed by atoms with Gasteiger partial charge in [-0.15, -0.1) is 0 Å². The van der Waals surface area contributed by atoms with Crippen LogP contribution < -0.4 is 0 Å². The van der Waals surface area contributed by atoms with E-state index >= 15 is 0 Å². The predicted octanol–water partition coefficient (Wildman–Crippen LogP) is 6.62. The van der Waals surface area contributed by atoms with Crippen molar-refractivity contribution in [2.45, 2.75) is 98.8 Å². The van der Waals surface area contributed by atoms with E-state index in [1.54, 1.807) is 0 Å². The van der Waals surface area contributed by atoms with Crippen molar-refractivity contribution >= 4 is 0 Å². The number of unbranched alkanes of at least 4 members (excludes halogenated alkanes) is 5. The summed E-state index contributed by atoms with van der Waals surface area (Å²) in [5.74, 6) is 0. The standard InChI is InChI=1S/C16H36N.C4H9/c1-5-9-13-17(14-10-6-2,15-11-7-3)16-12-8-4;1-3-4-2/h5-16H2,1-4H3;1,3-4H2,2H3/q+1;-1. The molecule has 0 rings (SSSR count). The lowest BCUT2D eigenvalue weighted by molar-refractivity contribution is -0.929. The molecule has 0 aliphatic rings. The van der Waals surface area contributed by atoms with E-state index in [0.29, 0.717) is 0 Å². The van der Waals surface area contributed by atoms with Gasteiger partial charge >= 0.3 is 0 Å². The van der Waals surface area contributed by atoms with Gasteiger partial charge in [0.2, 0.25) is 0 Å². The fourth-order valence-corrected chi connectivity index (χ4v) is 2.64. The van der Waals surface area contributed by atoms with Gasteiger partial charge in [-0.2, -0.15) is 6.42 Å². The lowest BCUT2D eigenvalue weighted by Gasteiger charge is -2.39. The SMILES string of the molecule is CCCC[N+](CCCC)(CCCC)CCCC.[CH2-]CCC. The number of nitrogens with zero attached hydrogens (tertiary/aromatic N) is 1. The molecule has 0 unspecified atom stereocenters. The normalized spacial score (nSPS) is 11.1. The molecule has 0 N–H and O–H groups in total. The minimum absolute atomic E-state index is 1.07. The molecule has 0 aromatic rings. The maximum Gasteiger partial charge on any atom is 0.0786 e. The molecule has 0 atom stereocenters. The molecular formula is C20H45N. The molecule has 0 aliphatic heterocycles. The van der Waals surface area contributed by atoms with E-state index in [1.807, 2.05) is 0 Å². The van der Waals surface area contributed by atoms with Crippen molar-refractivity contribution in [3.8, 4) is 0 Å². The van der Waals surface area contributed by atoms with Gasteiger partial charge in [-0.25, -0.2) is 0 Å². The van der Waals surface area contributed by atoms with E-state index in [0.717, 1.165) is 6.42 Å². The number of quaternary nitrogens is 1. The van der Waals surface area contributed by atoms with Crippen LogP contribution in [-0.2, 0) is 0 Å². The Kier molecular flexibility index (Phi) is 19.9. The lowest BCUT2D eigenvalue weighted by Crippen LogP contribution is -2.50. The van der Waals surface area contributed by atoms with Gasteiger partial charge in [0.1, 0.15) is 0 Å². The Hall–Kier alpha value is -0.0400. The average Bonchev–Trinajstić information content (AvgIpc) is 2.53. The quantitative estimate of drug-likeness (QED) is 0.265. The summed E-state index contributed by atoms with van der Waals surface area (Å²) in [4.78, 5) is 0. The average molecular weight is 300 g/mol. The molecule has 0 saturated heterocycles. The van der Waals surface area contributed by atoms with Crippen LogP contribution in [0.15, 0.2) is 0 Å². The van der Waals surface area contributed by atoms with Crippen LogP contribution in [-0.4, -0.2) is 30.7 Å². The maximum absolute atomic E-state index is 3.60. The van der Waals surface area contributed by atoms with Gasteiger partial charge in [0.15, 0.2) is 0 Å². The minimum atomic E-state index is 1.07. The molecule has 21 heavy (non-hydrogen) atoms. The largest absolute Gasteiger partial charge is 0.343 e. The third-order valence-corrected chi connectivity index (χ3v) is 4.30. The van der Waals surface area contributed by atoms with Gasteiger partial charge in [0, 0.05) is 0 Å². The molecule has 130 valence electrons. The summed E-state index contributed by atoms with van der Waals surface area (Å²) in [6.45, 7) is 20.7. The van der Waals surface area contributed by atoms with Crippen molar-refractivity contribution in [1.82, 2.24) is 0 Å². The molecule has 1 nitrogen and oxygen atoms in total. The van der Waals surface area contributed by atoms with E-state index in [4.69, 9.17) is 0 Å². The summed E-state index contributed by atoms with van der Waals surface area (Å²) < 4.78 is 1.42. The fourth-order valence-electron chi connectivity index (χ4n) is 2.64. The van der Waals surface area contributed by atoms with Gasteiger partial charge in [-0.1, -0.05) is 66.7 Å². The van der Waals surface area contributed by atoms with E-state index < -0.39 is 0 Å². The Labute approximate surface area is 137 Å². The highest BCUT2D eigenvalue weighted by atomic mass is 15.3. The van der Waals surface area contributed by atoms with Crippen LogP contribution in [0.4, 0.5) is 0 Å². The Morgan fingerprint density at radius 1 is 0.524 bits per heavy atom. The summed E-state index contributed by atoms with van der Waals surface area (Å²) >= 11 is 0. The van der Waals surface area contributed by atoms with Crippen molar-refractivity contribution in [1.29, 1.82) is 0 Å². The topological polar surface area (TPSA) is 0 Å². The summed E-state index contributed by atoms with van der Waals surface area (Å²) in [6, 6.07) is 0. The van der Waals surface area contributed by atoms with Gasteiger partial charge in [0.05, 0.1) is 26.2 Å². The van der Waals surface area contributed by atoms with E-state index in [9.17, 15) is 0 Å². The monoisotopic (exact) mass is 299 g/mol. The summed E-state index contributed by atoms with van der Waals surface area (Å²) in [5, 5.41) is 0. The van der Waals surface area contributed by atoms with Gasteiger partial charge in [-0.3, -0.25) is 0 Å². The molecule has 0 bridgehead atoms. The second-order valence-corrected chi connectivity index (χ2v) is 6.50. The molecular weight excluding hydrogens is 254 g/mol. The highest BCUT2D eigenvalue weighted by Gasteiger charge is 2.24.